The lowest BCUT2D eigenvalue weighted by atomic mass is 10.2. The third-order valence-corrected chi connectivity index (χ3v) is 3.36. The summed E-state index contributed by atoms with van der Waals surface area (Å²) in [5.41, 5.74) is -0.161. The van der Waals surface area contributed by atoms with Gasteiger partial charge >= 0.3 is 5.97 Å². The minimum Gasteiger partial charge on any atom is -0.478 e. The van der Waals surface area contributed by atoms with Crippen molar-refractivity contribution in [3.05, 3.63) is 29.6 Å². The van der Waals surface area contributed by atoms with E-state index >= 15 is 0 Å². The minimum absolute atomic E-state index is 0.0397. The van der Waals surface area contributed by atoms with Crippen molar-refractivity contribution in [3.63, 3.8) is 0 Å². The molecule has 2 rings (SSSR count). The van der Waals surface area contributed by atoms with Crippen LogP contribution in [0.4, 0.5) is 4.39 Å². The summed E-state index contributed by atoms with van der Waals surface area (Å²) in [7, 11) is -3.71. The normalized spacial score (nSPS) is 11.9. The number of aromatic nitrogens is 1. The average molecular weight is 257 g/mol. The first-order valence-electron chi connectivity index (χ1n) is 4.55. The van der Waals surface area contributed by atoms with Crippen LogP contribution in [0.25, 0.3) is 10.9 Å². The number of halogens is 1. The molecule has 0 bridgehead atoms. The van der Waals surface area contributed by atoms with Crippen LogP contribution < -0.4 is 0 Å². The number of aromatic amines is 1. The number of benzene rings is 1. The SMILES string of the molecule is CS(=O)(=O)c1[nH]c2ccc(F)cc2c1C(=O)O. The number of rotatable bonds is 2. The summed E-state index contributed by atoms with van der Waals surface area (Å²) in [6.07, 6.45) is 0.889. The average Bonchev–Trinajstić information content (AvgIpc) is 2.55. The number of carbonyl (C=O) groups is 1. The molecular formula is C10H8FNO4S. The van der Waals surface area contributed by atoms with Gasteiger partial charge in [0, 0.05) is 17.2 Å². The van der Waals surface area contributed by atoms with Gasteiger partial charge in [-0.2, -0.15) is 0 Å². The van der Waals surface area contributed by atoms with Crippen molar-refractivity contribution in [2.75, 3.05) is 6.26 Å². The number of nitrogens with one attached hydrogen (secondary N) is 1. The highest BCUT2D eigenvalue weighted by Crippen LogP contribution is 2.26. The maximum absolute atomic E-state index is 13.0. The Labute approximate surface area is 95.8 Å². The number of hydrogen-bond acceptors (Lipinski definition) is 3. The highest BCUT2D eigenvalue weighted by Gasteiger charge is 2.24. The van der Waals surface area contributed by atoms with Crippen molar-refractivity contribution >= 4 is 26.7 Å². The Morgan fingerprint density at radius 1 is 1.41 bits per heavy atom. The van der Waals surface area contributed by atoms with Crippen molar-refractivity contribution in [2.45, 2.75) is 5.03 Å². The summed E-state index contributed by atoms with van der Waals surface area (Å²) in [6.45, 7) is 0. The van der Waals surface area contributed by atoms with Crippen LogP contribution in [0.3, 0.4) is 0 Å². The van der Waals surface area contributed by atoms with E-state index in [1.54, 1.807) is 0 Å². The predicted molar refractivity (Wildman–Crippen MR) is 58.3 cm³/mol. The molecule has 0 fully saturated rings. The first-order chi connectivity index (χ1) is 7.80. The molecular weight excluding hydrogens is 249 g/mol. The lowest BCUT2D eigenvalue weighted by Gasteiger charge is -1.96. The second-order valence-corrected chi connectivity index (χ2v) is 5.55. The van der Waals surface area contributed by atoms with E-state index in [0.29, 0.717) is 0 Å². The van der Waals surface area contributed by atoms with Crippen LogP contribution in [0.15, 0.2) is 23.2 Å². The maximum atomic E-state index is 13.0. The van der Waals surface area contributed by atoms with Crippen molar-refractivity contribution in [1.29, 1.82) is 0 Å². The van der Waals surface area contributed by atoms with Gasteiger partial charge in [0.1, 0.15) is 16.4 Å². The molecule has 1 heterocycles. The number of hydrogen-bond donors (Lipinski definition) is 2. The Kier molecular flexibility index (Phi) is 2.43. The predicted octanol–water partition coefficient (Wildman–Crippen LogP) is 1.41. The molecule has 5 nitrogen and oxygen atoms in total. The lowest BCUT2D eigenvalue weighted by Crippen LogP contribution is -2.06. The number of carboxylic acids is 1. The Bertz CT molecular complexity index is 717. The molecule has 2 N–H and O–H groups in total. The van der Waals surface area contributed by atoms with Crippen LogP contribution in [0.5, 0.6) is 0 Å². The van der Waals surface area contributed by atoms with Crippen LogP contribution in [-0.4, -0.2) is 30.7 Å². The van der Waals surface area contributed by atoms with Crippen LogP contribution in [0.2, 0.25) is 0 Å². The zero-order valence-corrected chi connectivity index (χ0v) is 9.51. The summed E-state index contributed by atoms with van der Waals surface area (Å²) in [6, 6.07) is 3.41. The first-order valence-corrected chi connectivity index (χ1v) is 6.44. The van der Waals surface area contributed by atoms with E-state index in [0.717, 1.165) is 18.4 Å². The van der Waals surface area contributed by atoms with Gasteiger partial charge in [-0.1, -0.05) is 0 Å². The molecule has 0 radical (unpaired) electrons. The van der Waals surface area contributed by atoms with E-state index in [9.17, 15) is 17.6 Å². The Balaban J connectivity index is 2.96. The fourth-order valence-corrected chi connectivity index (χ4v) is 2.49. The number of sulfone groups is 1. The van der Waals surface area contributed by atoms with Gasteiger partial charge in [0.15, 0.2) is 9.84 Å². The van der Waals surface area contributed by atoms with Gasteiger partial charge in [-0.3, -0.25) is 0 Å². The Morgan fingerprint density at radius 2 is 2.06 bits per heavy atom. The molecule has 7 heteroatoms. The number of carboxylic acid groups (broad SMARTS) is 1. The zero-order valence-electron chi connectivity index (χ0n) is 8.69. The number of aromatic carboxylic acids is 1. The van der Waals surface area contributed by atoms with Gasteiger partial charge in [0.2, 0.25) is 0 Å². The van der Waals surface area contributed by atoms with Crippen molar-refractivity contribution in [2.24, 2.45) is 0 Å². The molecule has 1 aromatic carbocycles. The topological polar surface area (TPSA) is 87.2 Å². The fourth-order valence-electron chi connectivity index (χ4n) is 1.63. The van der Waals surface area contributed by atoms with Crippen molar-refractivity contribution in [1.82, 2.24) is 4.98 Å². The molecule has 2 aromatic rings. The fraction of sp³-hybridized carbons (Fsp3) is 0.100. The van der Waals surface area contributed by atoms with E-state index in [1.165, 1.54) is 6.07 Å². The molecule has 90 valence electrons. The van der Waals surface area contributed by atoms with Gasteiger partial charge < -0.3 is 10.1 Å². The monoisotopic (exact) mass is 257 g/mol. The molecule has 0 aliphatic rings. The molecule has 0 spiro atoms. The van der Waals surface area contributed by atoms with Crippen LogP contribution in [-0.2, 0) is 9.84 Å². The molecule has 0 unspecified atom stereocenters. The third-order valence-electron chi connectivity index (χ3n) is 2.31. The van der Waals surface area contributed by atoms with E-state index in [-0.39, 0.29) is 10.9 Å². The molecule has 0 aliphatic heterocycles. The lowest BCUT2D eigenvalue weighted by molar-refractivity contribution is 0.0695. The molecule has 17 heavy (non-hydrogen) atoms. The second kappa shape index (κ2) is 3.56. The van der Waals surface area contributed by atoms with Gasteiger partial charge in [0.25, 0.3) is 0 Å². The summed E-state index contributed by atoms with van der Waals surface area (Å²) in [5.74, 6) is -2.04. The molecule has 1 aromatic heterocycles. The number of H-pyrrole nitrogens is 1. The standard InChI is InChI=1S/C10H8FNO4S/c1-17(15,16)9-8(10(13)14)6-4-5(11)2-3-7(6)12-9/h2-4,12H,1H3,(H,13,14). The van der Waals surface area contributed by atoms with Crippen LogP contribution >= 0.6 is 0 Å². The van der Waals surface area contributed by atoms with E-state index in [4.69, 9.17) is 5.11 Å². The number of fused-ring (bicyclic) bond motifs is 1. The van der Waals surface area contributed by atoms with Gasteiger partial charge in [-0.25, -0.2) is 17.6 Å². The molecule has 0 aliphatic carbocycles. The first kappa shape index (κ1) is 11.6. The van der Waals surface area contributed by atoms with Gasteiger partial charge in [-0.05, 0) is 18.2 Å². The Hall–Kier alpha value is -1.89. The minimum atomic E-state index is -3.71. The summed E-state index contributed by atoms with van der Waals surface area (Å²) >= 11 is 0. The maximum Gasteiger partial charge on any atom is 0.339 e. The van der Waals surface area contributed by atoms with Crippen LogP contribution in [0.1, 0.15) is 10.4 Å². The molecule has 0 atom stereocenters. The summed E-state index contributed by atoms with van der Waals surface area (Å²) in [4.78, 5) is 13.5. The highest BCUT2D eigenvalue weighted by molar-refractivity contribution is 7.90. The van der Waals surface area contributed by atoms with E-state index in [1.807, 2.05) is 0 Å². The van der Waals surface area contributed by atoms with Crippen molar-refractivity contribution < 1.29 is 22.7 Å². The molecule has 0 amide bonds. The van der Waals surface area contributed by atoms with Gasteiger partial charge in [0.05, 0.1) is 0 Å². The quantitative estimate of drug-likeness (QED) is 0.851. The molecule has 0 saturated heterocycles. The largest absolute Gasteiger partial charge is 0.478 e. The zero-order chi connectivity index (χ0) is 12.8. The third kappa shape index (κ3) is 1.89. The smallest absolute Gasteiger partial charge is 0.339 e. The highest BCUT2D eigenvalue weighted by atomic mass is 32.2. The van der Waals surface area contributed by atoms with Crippen LogP contribution in [0, 0.1) is 5.82 Å². The van der Waals surface area contributed by atoms with E-state index < -0.39 is 32.2 Å². The summed E-state index contributed by atoms with van der Waals surface area (Å²) < 4.78 is 35.9. The van der Waals surface area contributed by atoms with Gasteiger partial charge in [-0.15, -0.1) is 0 Å². The second-order valence-electron chi connectivity index (χ2n) is 3.60. The summed E-state index contributed by atoms with van der Waals surface area (Å²) in [5, 5.41) is 8.63. The molecule has 0 saturated carbocycles. The Morgan fingerprint density at radius 3 is 2.59 bits per heavy atom. The van der Waals surface area contributed by atoms with Crippen molar-refractivity contribution in [3.8, 4) is 0 Å². The van der Waals surface area contributed by atoms with E-state index in [2.05, 4.69) is 4.98 Å².